The number of Topliss-reactive ketones (excluding diaryl/α,β-unsaturated/α-hetero) is 1. The lowest BCUT2D eigenvalue weighted by Crippen LogP contribution is -2.11. The molecule has 1 rings (SSSR count). The Bertz CT molecular complexity index is 332. The van der Waals surface area contributed by atoms with E-state index in [2.05, 4.69) is 15.9 Å². The minimum absolute atomic E-state index is 0.0660. The fourth-order valence-electron chi connectivity index (χ4n) is 1.56. The van der Waals surface area contributed by atoms with Crippen molar-refractivity contribution in [2.75, 3.05) is 13.7 Å². The molecule has 1 unspecified atom stereocenters. The van der Waals surface area contributed by atoms with Crippen LogP contribution < -0.4 is 0 Å². The Morgan fingerprint density at radius 3 is 2.56 bits per heavy atom. The number of methoxy groups -OCH3 is 1. The lowest BCUT2D eigenvalue weighted by Gasteiger charge is -2.10. The van der Waals surface area contributed by atoms with Gasteiger partial charge in [0.2, 0.25) is 0 Å². The van der Waals surface area contributed by atoms with E-state index in [1.807, 2.05) is 31.2 Å². The van der Waals surface area contributed by atoms with Crippen LogP contribution in [-0.4, -0.2) is 19.5 Å². The lowest BCUT2D eigenvalue weighted by molar-refractivity contribution is 0.0914. The van der Waals surface area contributed by atoms with E-state index < -0.39 is 0 Å². The van der Waals surface area contributed by atoms with Crippen LogP contribution in [0.5, 0.6) is 0 Å². The number of ether oxygens (including phenoxy) is 1. The molecule has 0 aliphatic heterocycles. The molecule has 0 bridgehead atoms. The zero-order chi connectivity index (χ0) is 12.0. The molecule has 0 fully saturated rings. The molecule has 0 radical (unpaired) electrons. The molecule has 0 aliphatic carbocycles. The van der Waals surface area contributed by atoms with Gasteiger partial charge in [0.1, 0.15) is 0 Å². The summed E-state index contributed by atoms with van der Waals surface area (Å²) in [5.74, 6) is 0.278. The number of rotatable bonds is 6. The molecule has 0 heterocycles. The van der Waals surface area contributed by atoms with Crippen LogP contribution in [0.1, 0.15) is 30.1 Å². The topological polar surface area (TPSA) is 26.3 Å². The quantitative estimate of drug-likeness (QED) is 0.588. The predicted molar refractivity (Wildman–Crippen MR) is 68.7 cm³/mol. The molecule has 3 heteroatoms. The summed E-state index contributed by atoms with van der Waals surface area (Å²) in [4.78, 5) is 12.0. The predicted octanol–water partition coefficient (Wildman–Crippen LogP) is 3.69. The van der Waals surface area contributed by atoms with E-state index in [0.29, 0.717) is 0 Å². The molecule has 1 aromatic rings. The molecule has 0 N–H and O–H groups in total. The van der Waals surface area contributed by atoms with Crippen molar-refractivity contribution < 1.29 is 9.53 Å². The fourth-order valence-corrected chi connectivity index (χ4v) is 1.83. The third-order valence-electron chi connectivity index (χ3n) is 2.56. The summed E-state index contributed by atoms with van der Waals surface area (Å²) in [6, 6.07) is 7.52. The van der Waals surface area contributed by atoms with Gasteiger partial charge in [0.25, 0.3) is 0 Å². The highest BCUT2D eigenvalue weighted by Gasteiger charge is 2.14. The minimum atomic E-state index is 0.0660. The summed E-state index contributed by atoms with van der Waals surface area (Å²) < 4.78 is 5.97. The first-order valence-electron chi connectivity index (χ1n) is 5.44. The first-order valence-corrected chi connectivity index (χ1v) is 6.23. The Morgan fingerprint density at radius 1 is 1.38 bits per heavy atom. The smallest absolute Gasteiger partial charge is 0.165 e. The van der Waals surface area contributed by atoms with Gasteiger partial charge in [-0.25, -0.2) is 0 Å². The van der Waals surface area contributed by atoms with E-state index >= 15 is 0 Å². The summed E-state index contributed by atoms with van der Waals surface area (Å²) in [6.07, 6.45) is 1.81. The number of ketones is 1. The number of benzene rings is 1. The molecule has 0 aromatic heterocycles. The number of carbonyl (C=O) groups is 1. The molecular weight excluding hydrogens is 268 g/mol. The maximum absolute atomic E-state index is 12.0. The van der Waals surface area contributed by atoms with Crippen LogP contribution in [0.15, 0.2) is 28.7 Å². The minimum Gasteiger partial charge on any atom is -0.385 e. The van der Waals surface area contributed by atoms with Crippen LogP contribution in [-0.2, 0) is 4.74 Å². The van der Waals surface area contributed by atoms with Crippen molar-refractivity contribution in [2.45, 2.75) is 19.8 Å². The second-order valence-corrected chi connectivity index (χ2v) is 4.82. The van der Waals surface area contributed by atoms with Gasteiger partial charge in [-0.15, -0.1) is 0 Å². The Labute approximate surface area is 105 Å². The van der Waals surface area contributed by atoms with E-state index in [4.69, 9.17) is 4.74 Å². The van der Waals surface area contributed by atoms with Gasteiger partial charge >= 0.3 is 0 Å². The molecule has 0 saturated heterocycles. The Balaban J connectivity index is 2.53. The second kappa shape index (κ2) is 6.81. The van der Waals surface area contributed by atoms with Gasteiger partial charge in [-0.1, -0.05) is 35.0 Å². The van der Waals surface area contributed by atoms with Crippen molar-refractivity contribution in [1.82, 2.24) is 0 Å². The van der Waals surface area contributed by atoms with Crippen molar-refractivity contribution >= 4 is 21.7 Å². The first-order chi connectivity index (χ1) is 7.65. The van der Waals surface area contributed by atoms with Crippen molar-refractivity contribution in [1.29, 1.82) is 0 Å². The van der Waals surface area contributed by atoms with Gasteiger partial charge in [0.15, 0.2) is 5.78 Å². The molecule has 1 atom stereocenters. The third kappa shape index (κ3) is 4.06. The van der Waals surface area contributed by atoms with Crippen LogP contribution >= 0.6 is 15.9 Å². The van der Waals surface area contributed by atoms with Gasteiger partial charge < -0.3 is 4.74 Å². The maximum Gasteiger partial charge on any atom is 0.165 e. The molecule has 2 nitrogen and oxygen atoms in total. The fraction of sp³-hybridized carbons (Fsp3) is 0.462. The highest BCUT2D eigenvalue weighted by atomic mass is 79.9. The number of hydrogen-bond acceptors (Lipinski definition) is 2. The average molecular weight is 285 g/mol. The average Bonchev–Trinajstić information content (AvgIpc) is 2.29. The normalized spacial score (nSPS) is 12.4. The summed E-state index contributed by atoms with van der Waals surface area (Å²) in [5.41, 5.74) is 0.785. The Kier molecular flexibility index (Phi) is 5.71. The molecular formula is C13H17BrO2. The van der Waals surface area contributed by atoms with Crippen LogP contribution in [0.25, 0.3) is 0 Å². The van der Waals surface area contributed by atoms with Crippen LogP contribution in [0, 0.1) is 5.92 Å². The molecule has 88 valence electrons. The van der Waals surface area contributed by atoms with E-state index in [-0.39, 0.29) is 11.7 Å². The van der Waals surface area contributed by atoms with Gasteiger partial charge in [-0.2, -0.15) is 0 Å². The van der Waals surface area contributed by atoms with E-state index in [1.165, 1.54) is 0 Å². The molecule has 16 heavy (non-hydrogen) atoms. The Morgan fingerprint density at radius 2 is 2.00 bits per heavy atom. The number of hydrogen-bond donors (Lipinski definition) is 0. The van der Waals surface area contributed by atoms with Crippen molar-refractivity contribution in [3.8, 4) is 0 Å². The zero-order valence-corrected chi connectivity index (χ0v) is 11.3. The van der Waals surface area contributed by atoms with Crippen LogP contribution in [0.4, 0.5) is 0 Å². The zero-order valence-electron chi connectivity index (χ0n) is 9.70. The molecule has 0 saturated carbocycles. The molecule has 1 aromatic carbocycles. The van der Waals surface area contributed by atoms with Crippen molar-refractivity contribution in [2.24, 2.45) is 5.92 Å². The van der Waals surface area contributed by atoms with Crippen LogP contribution in [0.2, 0.25) is 0 Å². The molecule has 0 amide bonds. The summed E-state index contributed by atoms with van der Waals surface area (Å²) >= 11 is 3.36. The highest BCUT2D eigenvalue weighted by molar-refractivity contribution is 9.10. The largest absolute Gasteiger partial charge is 0.385 e. The lowest BCUT2D eigenvalue weighted by atomic mass is 9.95. The Hall–Kier alpha value is -0.670. The SMILES string of the molecule is COCCCC(C)C(=O)c1ccc(Br)cc1. The van der Waals surface area contributed by atoms with Gasteiger partial charge in [-0.3, -0.25) is 4.79 Å². The maximum atomic E-state index is 12.0. The number of carbonyl (C=O) groups excluding carboxylic acids is 1. The van der Waals surface area contributed by atoms with E-state index in [1.54, 1.807) is 7.11 Å². The monoisotopic (exact) mass is 284 g/mol. The van der Waals surface area contributed by atoms with Crippen molar-refractivity contribution in [3.63, 3.8) is 0 Å². The number of halogens is 1. The summed E-state index contributed by atoms with van der Waals surface area (Å²) in [7, 11) is 1.68. The summed E-state index contributed by atoms with van der Waals surface area (Å²) in [6.45, 7) is 2.69. The van der Waals surface area contributed by atoms with Gasteiger partial charge in [0.05, 0.1) is 0 Å². The van der Waals surface area contributed by atoms with Crippen molar-refractivity contribution in [3.05, 3.63) is 34.3 Å². The standard InChI is InChI=1S/C13H17BrO2/c1-10(4-3-9-16-2)13(15)11-5-7-12(14)8-6-11/h5-8,10H,3-4,9H2,1-2H3. The van der Waals surface area contributed by atoms with Gasteiger partial charge in [-0.05, 0) is 25.0 Å². The van der Waals surface area contributed by atoms with Crippen LogP contribution in [0.3, 0.4) is 0 Å². The first kappa shape index (κ1) is 13.4. The van der Waals surface area contributed by atoms with E-state index in [9.17, 15) is 4.79 Å². The highest BCUT2D eigenvalue weighted by Crippen LogP contribution is 2.16. The van der Waals surface area contributed by atoms with E-state index in [0.717, 1.165) is 29.5 Å². The second-order valence-electron chi connectivity index (χ2n) is 3.91. The molecule has 0 spiro atoms. The molecule has 0 aliphatic rings. The van der Waals surface area contributed by atoms with Gasteiger partial charge in [0, 0.05) is 29.7 Å². The third-order valence-corrected chi connectivity index (χ3v) is 3.09. The summed E-state index contributed by atoms with van der Waals surface area (Å²) in [5, 5.41) is 0.